The van der Waals surface area contributed by atoms with E-state index in [4.69, 9.17) is 15.2 Å². The number of aromatic nitrogens is 2. The monoisotopic (exact) mass is 223 g/mol. The maximum Gasteiger partial charge on any atom is 0.163 e. The van der Waals surface area contributed by atoms with Crippen molar-refractivity contribution in [1.82, 2.24) is 9.97 Å². The summed E-state index contributed by atoms with van der Waals surface area (Å²) in [5.41, 5.74) is 5.63. The molecule has 0 bridgehead atoms. The minimum absolute atomic E-state index is 0.0169. The molecule has 2 heterocycles. The zero-order valence-electron chi connectivity index (χ0n) is 9.80. The van der Waals surface area contributed by atoms with Crippen LogP contribution in [-0.4, -0.2) is 28.5 Å². The molecule has 1 aromatic rings. The van der Waals surface area contributed by atoms with Crippen molar-refractivity contribution in [2.75, 3.05) is 12.3 Å². The molecule has 1 aliphatic rings. The van der Waals surface area contributed by atoms with Crippen LogP contribution in [0.2, 0.25) is 0 Å². The van der Waals surface area contributed by atoms with E-state index < -0.39 is 5.79 Å². The molecular weight excluding hydrogens is 206 g/mol. The largest absolute Gasteiger partial charge is 0.384 e. The van der Waals surface area contributed by atoms with E-state index in [2.05, 4.69) is 9.97 Å². The van der Waals surface area contributed by atoms with Crippen molar-refractivity contribution in [2.24, 2.45) is 0 Å². The van der Waals surface area contributed by atoms with Gasteiger partial charge in [-0.2, -0.15) is 0 Å². The van der Waals surface area contributed by atoms with Gasteiger partial charge in [-0.3, -0.25) is 0 Å². The van der Waals surface area contributed by atoms with Gasteiger partial charge >= 0.3 is 0 Å². The van der Waals surface area contributed by atoms with E-state index in [-0.39, 0.29) is 12.0 Å². The highest BCUT2D eigenvalue weighted by Gasteiger charge is 2.37. The molecule has 0 aliphatic carbocycles. The first-order valence-electron chi connectivity index (χ1n) is 5.38. The number of ether oxygens (including phenoxy) is 2. The number of rotatable bonds is 2. The number of hydrogen-bond acceptors (Lipinski definition) is 5. The molecule has 5 nitrogen and oxygen atoms in total. The average molecular weight is 223 g/mol. The summed E-state index contributed by atoms with van der Waals surface area (Å²) in [5.74, 6) is 0.741. The molecule has 1 saturated heterocycles. The molecule has 2 atom stereocenters. The molecule has 16 heavy (non-hydrogen) atoms. The topological polar surface area (TPSA) is 70.3 Å². The molecule has 0 unspecified atom stereocenters. The van der Waals surface area contributed by atoms with Crippen LogP contribution >= 0.6 is 0 Å². The summed E-state index contributed by atoms with van der Waals surface area (Å²) >= 11 is 0. The maximum absolute atomic E-state index is 5.76. The lowest BCUT2D eigenvalue weighted by molar-refractivity contribution is -0.140. The summed E-state index contributed by atoms with van der Waals surface area (Å²) in [6, 6.07) is 1.67. The van der Waals surface area contributed by atoms with Crippen LogP contribution in [0.1, 0.15) is 32.5 Å². The Morgan fingerprint density at radius 3 is 2.88 bits per heavy atom. The molecule has 0 amide bonds. The molecule has 1 fully saturated rings. The van der Waals surface area contributed by atoms with Gasteiger partial charge in [0.05, 0.1) is 12.7 Å². The van der Waals surface area contributed by atoms with Gasteiger partial charge in [-0.05, 0) is 19.9 Å². The third-order valence-electron chi connectivity index (χ3n) is 2.69. The molecule has 2 N–H and O–H groups in total. The van der Waals surface area contributed by atoms with E-state index in [1.165, 1.54) is 0 Å². The Morgan fingerprint density at radius 2 is 2.31 bits per heavy atom. The highest BCUT2D eigenvalue weighted by molar-refractivity contribution is 5.26. The summed E-state index contributed by atoms with van der Waals surface area (Å²) in [6.45, 7) is 6.39. The predicted octanol–water partition coefficient (Wildman–Crippen LogP) is 1.31. The number of nitrogens with zero attached hydrogens (tertiary/aromatic N) is 2. The minimum atomic E-state index is -0.515. The van der Waals surface area contributed by atoms with Crippen molar-refractivity contribution in [1.29, 1.82) is 0 Å². The van der Waals surface area contributed by atoms with E-state index in [0.29, 0.717) is 18.2 Å². The van der Waals surface area contributed by atoms with Gasteiger partial charge in [0, 0.05) is 12.1 Å². The fraction of sp³-hybridized carbons (Fsp3) is 0.636. The summed E-state index contributed by atoms with van der Waals surface area (Å²) in [6.07, 6.45) is 1.64. The molecule has 88 valence electrons. The van der Waals surface area contributed by atoms with Crippen molar-refractivity contribution >= 4 is 5.82 Å². The van der Waals surface area contributed by atoms with Crippen LogP contribution in [0.15, 0.2) is 12.3 Å². The second-order valence-electron chi connectivity index (χ2n) is 4.50. The van der Waals surface area contributed by atoms with E-state index in [9.17, 15) is 0 Å². The predicted molar refractivity (Wildman–Crippen MR) is 59.8 cm³/mol. The zero-order valence-corrected chi connectivity index (χ0v) is 9.80. The van der Waals surface area contributed by atoms with Gasteiger partial charge in [0.15, 0.2) is 5.79 Å². The minimum Gasteiger partial charge on any atom is -0.384 e. The van der Waals surface area contributed by atoms with Crippen molar-refractivity contribution in [3.63, 3.8) is 0 Å². The molecule has 5 heteroatoms. The van der Waals surface area contributed by atoms with E-state index >= 15 is 0 Å². The van der Waals surface area contributed by atoms with E-state index in [1.807, 2.05) is 20.8 Å². The summed E-state index contributed by atoms with van der Waals surface area (Å²) < 4.78 is 11.3. The lowest BCUT2D eigenvalue weighted by Gasteiger charge is -2.20. The van der Waals surface area contributed by atoms with Crippen molar-refractivity contribution in [3.8, 4) is 0 Å². The first-order valence-corrected chi connectivity index (χ1v) is 5.38. The molecule has 0 saturated carbocycles. The second-order valence-corrected chi connectivity index (χ2v) is 4.50. The van der Waals surface area contributed by atoms with Crippen molar-refractivity contribution < 1.29 is 9.47 Å². The third-order valence-corrected chi connectivity index (χ3v) is 2.69. The van der Waals surface area contributed by atoms with Crippen LogP contribution in [0, 0.1) is 0 Å². The van der Waals surface area contributed by atoms with E-state index in [1.54, 1.807) is 12.3 Å². The second kappa shape index (κ2) is 3.99. The maximum atomic E-state index is 5.76. The zero-order chi connectivity index (χ0) is 11.8. The molecule has 1 aromatic heterocycles. The van der Waals surface area contributed by atoms with Gasteiger partial charge in [-0.25, -0.2) is 9.97 Å². The van der Waals surface area contributed by atoms with Crippen LogP contribution in [0.5, 0.6) is 0 Å². The van der Waals surface area contributed by atoms with Gasteiger partial charge < -0.3 is 15.2 Å². The molecular formula is C11H17N3O2. The van der Waals surface area contributed by atoms with Gasteiger partial charge in [-0.15, -0.1) is 0 Å². The molecule has 0 spiro atoms. The standard InChI is InChI=1S/C11H17N3O2/c1-7(8-6-15-11(2,3)16-8)10-13-5-4-9(12)14-10/h4-5,7-8H,6H2,1-3H3,(H2,12,13,14)/t7-,8-/m1/s1. The summed E-state index contributed by atoms with van der Waals surface area (Å²) in [5, 5.41) is 0. The van der Waals surface area contributed by atoms with Gasteiger partial charge in [0.25, 0.3) is 0 Å². The Labute approximate surface area is 95.0 Å². The SMILES string of the molecule is C[C@@H](c1nccc(N)n1)[C@H]1COC(C)(C)O1. The molecule has 0 aromatic carbocycles. The Morgan fingerprint density at radius 1 is 1.56 bits per heavy atom. The Bertz CT molecular complexity index is 381. The van der Waals surface area contributed by atoms with Crippen molar-refractivity contribution in [3.05, 3.63) is 18.1 Å². The highest BCUT2D eigenvalue weighted by atomic mass is 16.7. The van der Waals surface area contributed by atoms with Gasteiger partial charge in [0.2, 0.25) is 0 Å². The fourth-order valence-electron chi connectivity index (χ4n) is 1.74. The number of anilines is 1. The van der Waals surface area contributed by atoms with Crippen LogP contribution in [-0.2, 0) is 9.47 Å². The van der Waals surface area contributed by atoms with Crippen LogP contribution in [0.25, 0.3) is 0 Å². The number of hydrogen-bond donors (Lipinski definition) is 1. The molecule has 0 radical (unpaired) electrons. The highest BCUT2D eigenvalue weighted by Crippen LogP contribution is 2.30. The Balaban J connectivity index is 2.11. The first kappa shape index (κ1) is 11.3. The number of nitrogen functional groups attached to an aromatic ring is 1. The van der Waals surface area contributed by atoms with Crippen LogP contribution in [0.3, 0.4) is 0 Å². The van der Waals surface area contributed by atoms with Gasteiger partial charge in [-0.1, -0.05) is 6.92 Å². The smallest absolute Gasteiger partial charge is 0.163 e. The van der Waals surface area contributed by atoms with Gasteiger partial charge in [0.1, 0.15) is 11.6 Å². The number of nitrogens with two attached hydrogens (primary N) is 1. The molecule has 2 rings (SSSR count). The van der Waals surface area contributed by atoms with Crippen molar-refractivity contribution in [2.45, 2.75) is 38.6 Å². The summed E-state index contributed by atoms with van der Waals surface area (Å²) in [7, 11) is 0. The Hall–Kier alpha value is -1.20. The average Bonchev–Trinajstić information content (AvgIpc) is 2.58. The van der Waals surface area contributed by atoms with Crippen LogP contribution in [0.4, 0.5) is 5.82 Å². The first-order chi connectivity index (χ1) is 7.48. The lowest BCUT2D eigenvalue weighted by Crippen LogP contribution is -2.25. The summed E-state index contributed by atoms with van der Waals surface area (Å²) in [4.78, 5) is 8.40. The van der Waals surface area contributed by atoms with E-state index in [0.717, 1.165) is 0 Å². The lowest BCUT2D eigenvalue weighted by atomic mass is 10.0. The molecule has 1 aliphatic heterocycles. The quantitative estimate of drug-likeness (QED) is 0.818. The third kappa shape index (κ3) is 2.31. The fourth-order valence-corrected chi connectivity index (χ4v) is 1.74. The van der Waals surface area contributed by atoms with Crippen LogP contribution < -0.4 is 5.73 Å². The Kier molecular flexibility index (Phi) is 2.82. The normalized spacial score (nSPS) is 25.6.